The zero-order valence-electron chi connectivity index (χ0n) is 8.43. The maximum absolute atomic E-state index is 3.86. The minimum absolute atomic E-state index is 0.819. The van der Waals surface area contributed by atoms with E-state index in [1.807, 2.05) is 12.1 Å². The lowest BCUT2D eigenvalue weighted by Gasteiger charge is -1.84. The number of nitrogens with zero attached hydrogens (tertiary/aromatic N) is 2. The Morgan fingerprint density at radius 3 is 2.13 bits per heavy atom. The summed E-state index contributed by atoms with van der Waals surface area (Å²) in [6.45, 7) is 7.11. The molecule has 0 atom stereocenters. The summed E-state index contributed by atoms with van der Waals surface area (Å²) in [7, 11) is 0. The molecule has 2 aromatic rings. The van der Waals surface area contributed by atoms with Crippen molar-refractivity contribution in [2.45, 2.75) is 0 Å². The molecule has 0 saturated carbocycles. The number of H-pyrrole nitrogens is 1. The van der Waals surface area contributed by atoms with Crippen LogP contribution in [0.3, 0.4) is 0 Å². The fourth-order valence-corrected chi connectivity index (χ4v) is 0.889. The standard InChI is InChI=1S/C7H7N.C5H6N2/c1-2-7-3-5-8-6-4-7;1-2-5-6-3-4-7-5/h2-6H,1H2;2-4H,1H2,(H,6,7). The van der Waals surface area contributed by atoms with E-state index in [0.717, 1.165) is 11.4 Å². The molecule has 3 nitrogen and oxygen atoms in total. The Labute approximate surface area is 89.2 Å². The molecule has 0 aromatic carbocycles. The van der Waals surface area contributed by atoms with Crippen LogP contribution in [0, 0.1) is 0 Å². The van der Waals surface area contributed by atoms with Gasteiger partial charge in [0.1, 0.15) is 5.82 Å². The van der Waals surface area contributed by atoms with Crippen molar-refractivity contribution in [1.82, 2.24) is 15.0 Å². The molecule has 2 aromatic heterocycles. The van der Waals surface area contributed by atoms with E-state index in [1.165, 1.54) is 0 Å². The summed E-state index contributed by atoms with van der Waals surface area (Å²) in [4.78, 5) is 10.6. The molecule has 0 bridgehead atoms. The summed E-state index contributed by atoms with van der Waals surface area (Å²) >= 11 is 0. The number of hydrogen-bond acceptors (Lipinski definition) is 2. The Kier molecular flexibility index (Phi) is 4.60. The van der Waals surface area contributed by atoms with Gasteiger partial charge in [-0.3, -0.25) is 4.98 Å². The molecule has 0 aliphatic carbocycles. The van der Waals surface area contributed by atoms with Gasteiger partial charge in [-0.05, 0) is 23.8 Å². The van der Waals surface area contributed by atoms with Crippen molar-refractivity contribution in [2.24, 2.45) is 0 Å². The van der Waals surface area contributed by atoms with Crippen LogP contribution in [0.15, 0.2) is 50.1 Å². The molecule has 0 radical (unpaired) electrons. The summed E-state index contributed by atoms with van der Waals surface area (Å²) in [5.41, 5.74) is 1.11. The summed E-state index contributed by atoms with van der Waals surface area (Å²) in [5, 5.41) is 0. The molecule has 0 unspecified atom stereocenters. The molecule has 76 valence electrons. The van der Waals surface area contributed by atoms with Gasteiger partial charge in [0.15, 0.2) is 0 Å². The first kappa shape index (κ1) is 10.9. The molecule has 3 heteroatoms. The maximum Gasteiger partial charge on any atom is 0.129 e. The Hall–Kier alpha value is -2.16. The quantitative estimate of drug-likeness (QED) is 0.808. The molecule has 1 N–H and O–H groups in total. The van der Waals surface area contributed by atoms with Crippen molar-refractivity contribution in [1.29, 1.82) is 0 Å². The lowest BCUT2D eigenvalue weighted by atomic mass is 10.3. The Morgan fingerprint density at radius 1 is 1.07 bits per heavy atom. The van der Waals surface area contributed by atoms with E-state index < -0.39 is 0 Å². The van der Waals surface area contributed by atoms with Crippen LogP contribution in [0.25, 0.3) is 12.2 Å². The lowest BCUT2D eigenvalue weighted by Crippen LogP contribution is -1.69. The smallest absolute Gasteiger partial charge is 0.129 e. The van der Waals surface area contributed by atoms with Gasteiger partial charge in [0.25, 0.3) is 0 Å². The second kappa shape index (κ2) is 6.32. The number of rotatable bonds is 2. The molecule has 0 spiro atoms. The van der Waals surface area contributed by atoms with Crippen LogP contribution in [0.4, 0.5) is 0 Å². The van der Waals surface area contributed by atoms with Crippen molar-refractivity contribution in [3.05, 3.63) is 61.5 Å². The first-order chi connectivity index (χ1) is 7.36. The van der Waals surface area contributed by atoms with E-state index in [4.69, 9.17) is 0 Å². The third kappa shape index (κ3) is 4.04. The zero-order valence-corrected chi connectivity index (χ0v) is 8.43. The van der Waals surface area contributed by atoms with E-state index >= 15 is 0 Å². The summed E-state index contributed by atoms with van der Waals surface area (Å²) < 4.78 is 0. The van der Waals surface area contributed by atoms with Crippen molar-refractivity contribution >= 4 is 12.2 Å². The Bertz CT molecular complexity index is 390. The molecule has 0 aliphatic heterocycles. The van der Waals surface area contributed by atoms with E-state index in [1.54, 1.807) is 36.9 Å². The zero-order chi connectivity index (χ0) is 10.9. The molecule has 0 aliphatic rings. The molecule has 2 rings (SSSR count). The fourth-order valence-electron chi connectivity index (χ4n) is 0.889. The summed E-state index contributed by atoms with van der Waals surface area (Å²) in [5.74, 6) is 0.819. The molecular formula is C12H13N3. The van der Waals surface area contributed by atoms with Gasteiger partial charge in [0.2, 0.25) is 0 Å². The van der Waals surface area contributed by atoms with Crippen molar-refractivity contribution in [2.75, 3.05) is 0 Å². The van der Waals surface area contributed by atoms with E-state index in [0.29, 0.717) is 0 Å². The van der Waals surface area contributed by atoms with Gasteiger partial charge >= 0.3 is 0 Å². The van der Waals surface area contributed by atoms with Crippen LogP contribution in [0.1, 0.15) is 11.4 Å². The van der Waals surface area contributed by atoms with E-state index in [2.05, 4.69) is 28.1 Å². The summed E-state index contributed by atoms with van der Waals surface area (Å²) in [6.07, 6.45) is 10.4. The van der Waals surface area contributed by atoms with E-state index in [9.17, 15) is 0 Å². The van der Waals surface area contributed by atoms with Gasteiger partial charge in [0, 0.05) is 24.8 Å². The number of nitrogens with one attached hydrogen (secondary N) is 1. The summed E-state index contributed by atoms with van der Waals surface area (Å²) in [6, 6.07) is 3.82. The van der Waals surface area contributed by atoms with Gasteiger partial charge in [-0.25, -0.2) is 4.98 Å². The molecular weight excluding hydrogens is 186 g/mol. The molecule has 0 fully saturated rings. The highest BCUT2D eigenvalue weighted by atomic mass is 14.9. The molecule has 0 saturated heterocycles. The second-order valence-corrected chi connectivity index (χ2v) is 2.66. The third-order valence-electron chi connectivity index (χ3n) is 1.65. The topological polar surface area (TPSA) is 41.6 Å². The van der Waals surface area contributed by atoms with Gasteiger partial charge in [-0.1, -0.05) is 19.2 Å². The molecule has 2 heterocycles. The first-order valence-electron chi connectivity index (χ1n) is 4.51. The Balaban J connectivity index is 0.000000151. The second-order valence-electron chi connectivity index (χ2n) is 2.66. The highest BCUT2D eigenvalue weighted by molar-refractivity contribution is 5.44. The Morgan fingerprint density at radius 2 is 1.80 bits per heavy atom. The van der Waals surface area contributed by atoms with Gasteiger partial charge < -0.3 is 4.98 Å². The van der Waals surface area contributed by atoms with Gasteiger partial charge in [-0.2, -0.15) is 0 Å². The average molecular weight is 199 g/mol. The number of aromatic amines is 1. The largest absolute Gasteiger partial charge is 0.345 e. The minimum Gasteiger partial charge on any atom is -0.345 e. The van der Waals surface area contributed by atoms with Crippen LogP contribution in [0.2, 0.25) is 0 Å². The van der Waals surface area contributed by atoms with Crippen LogP contribution >= 0.6 is 0 Å². The van der Waals surface area contributed by atoms with Crippen molar-refractivity contribution in [3.8, 4) is 0 Å². The molecule has 0 amide bonds. The third-order valence-corrected chi connectivity index (χ3v) is 1.65. The van der Waals surface area contributed by atoms with Crippen LogP contribution in [-0.2, 0) is 0 Å². The van der Waals surface area contributed by atoms with Crippen LogP contribution in [-0.4, -0.2) is 15.0 Å². The SMILES string of the molecule is C=Cc1ccncc1.C=Cc1ncc[nH]1. The number of hydrogen-bond donors (Lipinski definition) is 1. The highest BCUT2D eigenvalue weighted by Crippen LogP contribution is 1.95. The van der Waals surface area contributed by atoms with Crippen molar-refractivity contribution < 1.29 is 0 Å². The fraction of sp³-hybridized carbons (Fsp3) is 0. The highest BCUT2D eigenvalue weighted by Gasteiger charge is 1.78. The first-order valence-corrected chi connectivity index (χ1v) is 4.51. The minimum atomic E-state index is 0.819. The van der Waals surface area contributed by atoms with Crippen LogP contribution < -0.4 is 0 Å². The lowest BCUT2D eigenvalue weighted by molar-refractivity contribution is 1.27. The maximum atomic E-state index is 3.86. The molecule has 15 heavy (non-hydrogen) atoms. The normalized spacial score (nSPS) is 8.53. The van der Waals surface area contributed by atoms with Crippen LogP contribution in [0.5, 0.6) is 0 Å². The number of imidazole rings is 1. The van der Waals surface area contributed by atoms with E-state index in [-0.39, 0.29) is 0 Å². The predicted molar refractivity (Wildman–Crippen MR) is 63.0 cm³/mol. The van der Waals surface area contributed by atoms with Gasteiger partial charge in [0.05, 0.1) is 0 Å². The van der Waals surface area contributed by atoms with Crippen molar-refractivity contribution in [3.63, 3.8) is 0 Å². The monoisotopic (exact) mass is 199 g/mol. The predicted octanol–water partition coefficient (Wildman–Crippen LogP) is 2.78. The number of pyridine rings is 1. The average Bonchev–Trinajstić information content (AvgIpc) is 2.84. The van der Waals surface area contributed by atoms with Gasteiger partial charge in [-0.15, -0.1) is 0 Å². The number of aromatic nitrogens is 3.